The van der Waals surface area contributed by atoms with Crippen LogP contribution in [0.15, 0.2) is 0 Å². The van der Waals surface area contributed by atoms with Crippen LogP contribution in [0.5, 0.6) is 0 Å². The van der Waals surface area contributed by atoms with E-state index in [1.165, 1.54) is 180 Å². The van der Waals surface area contributed by atoms with Gasteiger partial charge >= 0.3 is 0 Å². The van der Waals surface area contributed by atoms with Crippen molar-refractivity contribution < 1.29 is 0 Å². The lowest BCUT2D eigenvalue weighted by Gasteiger charge is -2.18. The van der Waals surface area contributed by atoms with E-state index in [1.54, 1.807) is 51.4 Å². The molecule has 4 unspecified atom stereocenters. The Kier molecular flexibility index (Phi) is 57.2. The van der Waals surface area contributed by atoms with Crippen LogP contribution in [-0.4, -0.2) is 0 Å². The van der Waals surface area contributed by atoms with E-state index in [-0.39, 0.29) is 0 Å². The summed E-state index contributed by atoms with van der Waals surface area (Å²) in [5.41, 5.74) is 1.74. The molecule has 77 heavy (non-hydrogen) atoms. The van der Waals surface area contributed by atoms with E-state index in [1.807, 2.05) is 27.7 Å². The van der Waals surface area contributed by atoms with Crippen molar-refractivity contribution in [2.75, 3.05) is 0 Å². The predicted octanol–water partition coefficient (Wildman–Crippen LogP) is 28.9. The molecule has 9 aliphatic carbocycles. The lowest BCUT2D eigenvalue weighted by atomic mass is 9.87. The molecule has 0 heterocycles. The summed E-state index contributed by atoms with van der Waals surface area (Å²) in [6.45, 7) is 57.6. The van der Waals surface area contributed by atoms with Crippen molar-refractivity contribution >= 4 is 0 Å². The Bertz CT molecular complexity index is 1070. The normalized spacial score (nSPS) is 25.7. The van der Waals surface area contributed by atoms with Gasteiger partial charge in [-0.3, -0.25) is 0 Å². The summed E-state index contributed by atoms with van der Waals surface area (Å²) in [5, 5.41) is 0. The summed E-state index contributed by atoms with van der Waals surface area (Å²) in [5.74, 6) is 12.9. The van der Waals surface area contributed by atoms with E-state index in [0.29, 0.717) is 16.2 Å². The van der Waals surface area contributed by atoms with Gasteiger partial charge in [0.05, 0.1) is 0 Å². The van der Waals surface area contributed by atoms with Crippen molar-refractivity contribution in [3.05, 3.63) is 0 Å². The highest BCUT2D eigenvalue weighted by molar-refractivity contribution is 4.90. The van der Waals surface area contributed by atoms with Crippen molar-refractivity contribution in [1.29, 1.82) is 0 Å². The largest absolute Gasteiger partial charge is 0.0683 e. The molecule has 0 amide bonds. The van der Waals surface area contributed by atoms with Crippen LogP contribution < -0.4 is 0 Å². The van der Waals surface area contributed by atoms with Crippen molar-refractivity contribution in [1.82, 2.24) is 0 Å². The maximum atomic E-state index is 2.36. The summed E-state index contributed by atoms with van der Waals surface area (Å²) in [4.78, 5) is 0. The van der Waals surface area contributed by atoms with Gasteiger partial charge in [-0.15, -0.1) is 0 Å². The van der Waals surface area contributed by atoms with Gasteiger partial charge < -0.3 is 0 Å². The topological polar surface area (TPSA) is 0 Å². The zero-order valence-corrected chi connectivity index (χ0v) is 59.9. The lowest BCUT2D eigenvalue weighted by molar-refractivity contribution is 0.324. The number of rotatable bonds is 5. The zero-order valence-electron chi connectivity index (χ0n) is 59.9. The van der Waals surface area contributed by atoms with Crippen LogP contribution in [-0.2, 0) is 0 Å². The van der Waals surface area contributed by atoms with Crippen molar-refractivity contribution in [3.8, 4) is 0 Å². The van der Waals surface area contributed by atoms with Gasteiger partial charge in [0.1, 0.15) is 0 Å². The number of fused-ring (bicyclic) bond motifs is 4. The predicted molar refractivity (Wildman–Crippen MR) is 363 cm³/mol. The molecule has 0 aromatic heterocycles. The summed E-state index contributed by atoms with van der Waals surface area (Å²) >= 11 is 0. The molecule has 9 fully saturated rings. The Labute approximate surface area is 495 Å². The summed E-state index contributed by atoms with van der Waals surface area (Å²) in [6.07, 6.45) is 53.6. The molecule has 6 atom stereocenters. The van der Waals surface area contributed by atoms with Crippen LogP contribution in [0.4, 0.5) is 0 Å². The van der Waals surface area contributed by atoms with E-state index in [2.05, 4.69) is 152 Å². The molecule has 470 valence electrons. The Morgan fingerprint density at radius 2 is 0.649 bits per heavy atom. The van der Waals surface area contributed by atoms with Gasteiger partial charge in [0.2, 0.25) is 0 Å². The average Bonchev–Trinajstić information content (AvgIpc) is 4.28. The fourth-order valence-electron chi connectivity index (χ4n) is 12.5. The molecular formula is C77H162. The van der Waals surface area contributed by atoms with E-state index in [9.17, 15) is 0 Å². The monoisotopic (exact) mass is 1090 g/mol. The lowest BCUT2D eigenvalue weighted by Crippen LogP contribution is -2.08. The van der Waals surface area contributed by atoms with E-state index < -0.39 is 0 Å². The smallest absolute Gasteiger partial charge is 0.0354 e. The van der Waals surface area contributed by atoms with Gasteiger partial charge in [0, 0.05) is 0 Å². The van der Waals surface area contributed by atoms with Gasteiger partial charge in [0.15, 0.2) is 0 Å². The minimum Gasteiger partial charge on any atom is -0.0683 e. The van der Waals surface area contributed by atoms with E-state index in [0.717, 1.165) is 71.0 Å². The summed E-state index contributed by atoms with van der Waals surface area (Å²) < 4.78 is 0. The Hall–Kier alpha value is 0. The first-order chi connectivity index (χ1) is 36.2. The summed E-state index contributed by atoms with van der Waals surface area (Å²) in [7, 11) is 0. The minimum absolute atomic E-state index is 0.500. The van der Waals surface area contributed by atoms with Crippen molar-refractivity contribution in [3.63, 3.8) is 0 Å². The van der Waals surface area contributed by atoms with Crippen LogP contribution in [0.1, 0.15) is 411 Å². The van der Waals surface area contributed by atoms with Crippen LogP contribution in [0.2, 0.25) is 0 Å². The molecule has 4 bridgehead atoms. The van der Waals surface area contributed by atoms with Crippen LogP contribution in [0.25, 0.3) is 0 Å². The molecule has 0 aliphatic heterocycles. The second-order valence-corrected chi connectivity index (χ2v) is 31.1. The Morgan fingerprint density at radius 1 is 0.390 bits per heavy atom. The molecule has 0 radical (unpaired) electrons. The van der Waals surface area contributed by atoms with Crippen LogP contribution in [0.3, 0.4) is 0 Å². The third kappa shape index (κ3) is 56.3. The average molecular weight is 1090 g/mol. The molecule has 0 spiro atoms. The molecular weight excluding hydrogens is 925 g/mol. The fourth-order valence-corrected chi connectivity index (χ4v) is 12.5. The zero-order chi connectivity index (χ0) is 59.9. The molecule has 0 N–H and O–H groups in total. The number of hydrogen-bond donors (Lipinski definition) is 0. The molecule has 0 nitrogen and oxygen atoms in total. The third-order valence-corrected chi connectivity index (χ3v) is 18.5. The fraction of sp³-hybridized carbons (Fsp3) is 1.00. The maximum Gasteiger partial charge on any atom is -0.0354 e. The molecule has 0 aromatic carbocycles. The molecule has 9 saturated carbocycles. The standard InChI is InChI=1S/2C9H16.C8H16.3C7H14.C6H12.C6H14.2C5H12.C4H10.2C2H6/c2*1-2-8-5-7-3-4-9(8)6-7;1-2-8-6-4-3-5-7-8;1-7(2)5-3-4-6-7;1-7-5-3-2-4-6-7;1-2-7-5-3-4-6-7;1-6-4-2-3-5-6;1-5-6(2,3)4;1-5(2,3)4;1-4-5(2)3;1-4(2)3;2*1-2/h2*7-9H,2-6H2,1H3;8H,2-7H2,1H3;3-6H2,1-2H3;2*7H,2-6H2,1H3;6H,2-5H2,1H3;5H2,1-4H3;1-4H3;5H,4H2,1-3H3;4H,1-3H3;2*1-2H3/t2*7?,8-,9?;;;;;;;;;;;/m00.........../s1. The highest BCUT2D eigenvalue weighted by Crippen LogP contribution is 2.50. The van der Waals surface area contributed by atoms with E-state index in [4.69, 9.17) is 0 Å². The highest BCUT2D eigenvalue weighted by Gasteiger charge is 2.39. The van der Waals surface area contributed by atoms with Crippen molar-refractivity contribution in [2.45, 2.75) is 411 Å². The molecule has 9 rings (SSSR count). The Balaban J connectivity index is -0.000000381. The van der Waals surface area contributed by atoms with Gasteiger partial charge in [0.25, 0.3) is 0 Å². The second-order valence-electron chi connectivity index (χ2n) is 31.1. The van der Waals surface area contributed by atoms with Gasteiger partial charge in [-0.2, -0.15) is 0 Å². The second kappa shape index (κ2) is 52.8. The minimum atomic E-state index is 0.500. The molecule has 0 heteroatoms. The maximum absolute atomic E-state index is 2.36. The van der Waals surface area contributed by atoms with Gasteiger partial charge in [-0.05, 0) is 139 Å². The summed E-state index contributed by atoms with van der Waals surface area (Å²) in [6, 6.07) is 0. The van der Waals surface area contributed by atoms with Crippen LogP contribution in [0, 0.1) is 87.3 Å². The van der Waals surface area contributed by atoms with Crippen LogP contribution >= 0.6 is 0 Å². The highest BCUT2D eigenvalue weighted by atomic mass is 14.4. The van der Waals surface area contributed by atoms with E-state index >= 15 is 0 Å². The number of hydrogen-bond acceptors (Lipinski definition) is 0. The third-order valence-electron chi connectivity index (χ3n) is 18.5. The van der Waals surface area contributed by atoms with Crippen molar-refractivity contribution in [2.24, 2.45) is 87.3 Å². The first-order valence-corrected chi connectivity index (χ1v) is 36.2. The quantitative estimate of drug-likeness (QED) is 0.257. The first-order valence-electron chi connectivity index (χ1n) is 36.2. The molecule has 0 aromatic rings. The van der Waals surface area contributed by atoms with Gasteiger partial charge in [-0.1, -0.05) is 360 Å². The van der Waals surface area contributed by atoms with Gasteiger partial charge in [-0.25, -0.2) is 0 Å². The first kappa shape index (κ1) is 83.5. The molecule has 0 saturated heterocycles. The SMILES string of the molecule is CC.CC.CC(C)(C)C.CC(C)C.CC1(C)CCCC1.CC1CCCC1.CC1CCCCC1.CCC(C)(C)C.CCC(C)C.CCC1CCCC1.CCC1CCCCC1.CC[C@H]1CC2CCC1C2.CC[C@H]1CC2CCC1C2. The molecule has 9 aliphatic rings. The Morgan fingerprint density at radius 3 is 0.766 bits per heavy atom.